The maximum absolute atomic E-state index is 12.5. The molecule has 0 radical (unpaired) electrons. The fraction of sp³-hybridized carbons (Fsp3) is 0.267. The van der Waals surface area contributed by atoms with E-state index in [2.05, 4.69) is 20.5 Å². The smallest absolute Gasteiger partial charge is 0.313 e. The van der Waals surface area contributed by atoms with Gasteiger partial charge in [0.1, 0.15) is 5.69 Å². The zero-order valence-corrected chi connectivity index (χ0v) is 14.3. The molecular weight excluding hydrogens is 348 g/mol. The molecule has 0 atom stereocenters. The number of carbonyl (C=O) groups excluding carboxylic acids is 1. The van der Waals surface area contributed by atoms with Crippen LogP contribution in [0.1, 0.15) is 29.5 Å². The maximum Gasteiger partial charge on any atom is 0.322 e. The third-order valence-electron chi connectivity index (χ3n) is 3.78. The Morgan fingerprint density at radius 2 is 2.24 bits per heavy atom. The molecule has 2 heterocycles. The summed E-state index contributed by atoms with van der Waals surface area (Å²) < 4.78 is 1.66. The number of aryl methyl sites for hydroxylation is 2. The Hall–Kier alpha value is -2.94. The Balaban J connectivity index is 1.95. The van der Waals surface area contributed by atoms with Crippen LogP contribution in [0, 0.1) is 10.1 Å². The van der Waals surface area contributed by atoms with E-state index in [0.717, 1.165) is 5.52 Å². The van der Waals surface area contributed by atoms with Crippen molar-refractivity contribution in [1.29, 1.82) is 0 Å². The summed E-state index contributed by atoms with van der Waals surface area (Å²) in [6.45, 7) is 1.88. The van der Waals surface area contributed by atoms with Crippen molar-refractivity contribution in [2.75, 3.05) is 5.32 Å². The minimum Gasteiger partial charge on any atom is -0.313 e. The number of hydrogen-bond acceptors (Lipinski definition) is 5. The van der Waals surface area contributed by atoms with E-state index in [1.54, 1.807) is 29.8 Å². The molecule has 25 heavy (non-hydrogen) atoms. The van der Waals surface area contributed by atoms with E-state index in [1.807, 2.05) is 6.92 Å². The van der Waals surface area contributed by atoms with Crippen LogP contribution in [-0.4, -0.2) is 30.6 Å². The number of hydrogen-bond donors (Lipinski definition) is 2. The van der Waals surface area contributed by atoms with Crippen LogP contribution in [0.4, 0.5) is 11.6 Å². The number of carbonyl (C=O) groups is 1. The molecule has 10 heteroatoms. The number of benzene rings is 1. The highest BCUT2D eigenvalue weighted by Gasteiger charge is 2.29. The first kappa shape index (κ1) is 16.9. The van der Waals surface area contributed by atoms with Crippen LogP contribution in [0.25, 0.3) is 11.0 Å². The predicted molar refractivity (Wildman–Crippen MR) is 92.9 cm³/mol. The van der Waals surface area contributed by atoms with Crippen molar-refractivity contribution in [2.24, 2.45) is 7.05 Å². The highest BCUT2D eigenvalue weighted by Crippen LogP contribution is 2.25. The summed E-state index contributed by atoms with van der Waals surface area (Å²) in [6.07, 6.45) is 1.12. The van der Waals surface area contributed by atoms with Gasteiger partial charge in [0.15, 0.2) is 0 Å². The summed E-state index contributed by atoms with van der Waals surface area (Å²) in [5, 5.41) is 20.8. The lowest BCUT2D eigenvalue weighted by Gasteiger charge is -2.03. The number of amides is 1. The predicted octanol–water partition coefficient (Wildman–Crippen LogP) is 3.06. The first-order valence-electron chi connectivity index (χ1n) is 7.57. The molecular formula is C15H15ClN6O3. The lowest BCUT2D eigenvalue weighted by molar-refractivity contribution is -0.385. The van der Waals surface area contributed by atoms with Gasteiger partial charge in [-0.2, -0.15) is 5.10 Å². The fourth-order valence-corrected chi connectivity index (χ4v) is 2.76. The van der Waals surface area contributed by atoms with Crippen LogP contribution in [-0.2, 0) is 13.5 Å². The molecule has 0 saturated heterocycles. The molecule has 0 unspecified atom stereocenters. The van der Waals surface area contributed by atoms with Crippen LogP contribution in [0.3, 0.4) is 0 Å². The molecule has 0 bridgehead atoms. The third-order valence-corrected chi connectivity index (χ3v) is 4.01. The van der Waals surface area contributed by atoms with Gasteiger partial charge in [0.25, 0.3) is 5.91 Å². The number of nitrogens with one attached hydrogen (secondary N) is 2. The largest absolute Gasteiger partial charge is 0.322 e. The number of rotatable bonds is 5. The highest BCUT2D eigenvalue weighted by atomic mass is 35.5. The number of aromatic amines is 1. The van der Waals surface area contributed by atoms with E-state index in [1.165, 1.54) is 0 Å². The topological polar surface area (TPSA) is 119 Å². The number of aromatic nitrogens is 4. The van der Waals surface area contributed by atoms with Gasteiger partial charge in [-0.15, -0.1) is 0 Å². The molecule has 0 saturated carbocycles. The van der Waals surface area contributed by atoms with Crippen molar-refractivity contribution in [1.82, 2.24) is 19.7 Å². The first-order valence-corrected chi connectivity index (χ1v) is 7.95. The van der Waals surface area contributed by atoms with Crippen molar-refractivity contribution < 1.29 is 9.72 Å². The van der Waals surface area contributed by atoms with Crippen molar-refractivity contribution >= 4 is 40.2 Å². The summed E-state index contributed by atoms with van der Waals surface area (Å²) in [6, 6.07) is 5.16. The second-order valence-electron chi connectivity index (χ2n) is 5.49. The molecule has 130 valence electrons. The molecule has 2 N–H and O–H groups in total. The minimum absolute atomic E-state index is 0.247. The Labute approximate surface area is 147 Å². The van der Waals surface area contributed by atoms with Gasteiger partial charge in [0.2, 0.25) is 11.6 Å². The van der Waals surface area contributed by atoms with Crippen LogP contribution >= 0.6 is 11.6 Å². The van der Waals surface area contributed by atoms with Gasteiger partial charge in [0, 0.05) is 12.1 Å². The van der Waals surface area contributed by atoms with Gasteiger partial charge in [-0.1, -0.05) is 24.9 Å². The second-order valence-corrected chi connectivity index (χ2v) is 5.92. The number of halogens is 1. The van der Waals surface area contributed by atoms with Gasteiger partial charge in [0.05, 0.1) is 16.0 Å². The molecule has 1 aromatic carbocycles. The Kier molecular flexibility index (Phi) is 4.41. The summed E-state index contributed by atoms with van der Waals surface area (Å²) in [4.78, 5) is 27.5. The number of anilines is 1. The third kappa shape index (κ3) is 3.05. The summed E-state index contributed by atoms with van der Waals surface area (Å²) >= 11 is 5.94. The van der Waals surface area contributed by atoms with E-state index < -0.39 is 10.8 Å². The average Bonchev–Trinajstić information content (AvgIpc) is 3.10. The van der Waals surface area contributed by atoms with E-state index in [-0.39, 0.29) is 17.3 Å². The fourth-order valence-electron chi connectivity index (χ4n) is 2.60. The van der Waals surface area contributed by atoms with Crippen molar-refractivity contribution in [3.8, 4) is 0 Å². The quantitative estimate of drug-likeness (QED) is 0.534. The molecule has 0 aliphatic rings. The molecule has 0 fully saturated rings. The standard InChI is InChI=1S/C15H15ClN6O3/c1-3-4-9-13(22(24)25)12(20-19-9)14(23)18-15-17-10-7-8(16)5-6-11(10)21(15)2/h5-7H,3-4H2,1-2H3,(H,19,20)(H,17,18,23). The summed E-state index contributed by atoms with van der Waals surface area (Å²) in [7, 11) is 1.72. The SMILES string of the molecule is CCCc1[nH]nc(C(=O)Nc2nc3cc(Cl)ccc3n2C)c1[N+](=O)[O-]. The monoisotopic (exact) mass is 362 g/mol. The normalized spacial score (nSPS) is 11.0. The molecule has 1 amide bonds. The lowest BCUT2D eigenvalue weighted by Crippen LogP contribution is -2.17. The molecule has 9 nitrogen and oxygen atoms in total. The van der Waals surface area contributed by atoms with Gasteiger partial charge in [-0.05, 0) is 24.6 Å². The molecule has 0 spiro atoms. The molecule has 3 aromatic rings. The Morgan fingerprint density at radius 1 is 1.48 bits per heavy atom. The Bertz CT molecular complexity index is 977. The van der Waals surface area contributed by atoms with Crippen molar-refractivity contribution in [2.45, 2.75) is 19.8 Å². The lowest BCUT2D eigenvalue weighted by atomic mass is 10.2. The highest BCUT2D eigenvalue weighted by molar-refractivity contribution is 6.31. The zero-order valence-electron chi connectivity index (χ0n) is 13.5. The minimum atomic E-state index is -0.699. The molecule has 2 aromatic heterocycles. The number of nitrogens with zero attached hydrogens (tertiary/aromatic N) is 4. The molecule has 0 aliphatic heterocycles. The number of imidazole rings is 1. The van der Waals surface area contributed by atoms with E-state index >= 15 is 0 Å². The second kappa shape index (κ2) is 6.52. The first-order chi connectivity index (χ1) is 11.9. The van der Waals surface area contributed by atoms with Gasteiger partial charge >= 0.3 is 5.69 Å². The summed E-state index contributed by atoms with van der Waals surface area (Å²) in [5.74, 6) is -0.452. The zero-order chi connectivity index (χ0) is 18.1. The van der Waals surface area contributed by atoms with Crippen LogP contribution in [0.5, 0.6) is 0 Å². The van der Waals surface area contributed by atoms with Crippen molar-refractivity contribution in [3.63, 3.8) is 0 Å². The number of H-pyrrole nitrogens is 1. The van der Waals surface area contributed by atoms with E-state index in [9.17, 15) is 14.9 Å². The maximum atomic E-state index is 12.5. The van der Waals surface area contributed by atoms with Crippen LogP contribution < -0.4 is 5.32 Å². The van der Waals surface area contributed by atoms with E-state index in [4.69, 9.17) is 11.6 Å². The number of nitro groups is 1. The van der Waals surface area contributed by atoms with Crippen molar-refractivity contribution in [3.05, 3.63) is 44.7 Å². The Morgan fingerprint density at radius 3 is 2.92 bits per heavy atom. The van der Waals surface area contributed by atoms with Crippen LogP contribution in [0.15, 0.2) is 18.2 Å². The van der Waals surface area contributed by atoms with Gasteiger partial charge in [-0.25, -0.2) is 4.98 Å². The molecule has 0 aliphatic carbocycles. The summed E-state index contributed by atoms with van der Waals surface area (Å²) in [5.41, 5.74) is 1.13. The van der Waals surface area contributed by atoms with E-state index in [0.29, 0.717) is 29.1 Å². The van der Waals surface area contributed by atoms with Gasteiger partial charge < -0.3 is 4.57 Å². The van der Waals surface area contributed by atoms with Gasteiger partial charge in [-0.3, -0.25) is 25.3 Å². The number of fused-ring (bicyclic) bond motifs is 1. The average molecular weight is 363 g/mol. The molecule has 3 rings (SSSR count). The van der Waals surface area contributed by atoms with Crippen LogP contribution in [0.2, 0.25) is 5.02 Å².